The van der Waals surface area contributed by atoms with E-state index >= 15 is 0 Å². The highest BCUT2D eigenvalue weighted by atomic mass is 16.5. The lowest BCUT2D eigenvalue weighted by Crippen LogP contribution is -2.20. The van der Waals surface area contributed by atoms with Crippen molar-refractivity contribution in [3.8, 4) is 0 Å². The van der Waals surface area contributed by atoms with Gasteiger partial charge in [-0.05, 0) is 0 Å². The second-order valence-corrected chi connectivity index (χ2v) is 2.37. The number of ether oxygens (including phenoxy) is 2. The van der Waals surface area contributed by atoms with Gasteiger partial charge in [-0.1, -0.05) is 0 Å². The van der Waals surface area contributed by atoms with Crippen molar-refractivity contribution in [2.75, 3.05) is 40.1 Å². The van der Waals surface area contributed by atoms with E-state index in [1.54, 1.807) is 7.05 Å². The van der Waals surface area contributed by atoms with Crippen LogP contribution >= 0.6 is 0 Å². The van der Waals surface area contributed by atoms with E-state index in [-0.39, 0.29) is 12.5 Å². The van der Waals surface area contributed by atoms with E-state index in [0.717, 1.165) is 0 Å². The molecule has 0 spiro atoms. The Kier molecular flexibility index (Phi) is 8.97. The number of hydrogen-bond donors (Lipinski definition) is 2. The molecule has 0 aliphatic heterocycles. The normalized spacial score (nSPS) is 10.0. The second kappa shape index (κ2) is 9.44. The molecule has 0 heterocycles. The summed E-state index contributed by atoms with van der Waals surface area (Å²) in [6.45, 7) is 1.67. The van der Waals surface area contributed by atoms with Crippen molar-refractivity contribution < 1.29 is 19.4 Å². The van der Waals surface area contributed by atoms with Crippen molar-refractivity contribution in [2.24, 2.45) is 0 Å². The molecule has 0 aromatic heterocycles. The molecule has 13 heavy (non-hydrogen) atoms. The quantitative estimate of drug-likeness (QED) is 0.490. The van der Waals surface area contributed by atoms with Crippen molar-refractivity contribution >= 4 is 5.91 Å². The van der Waals surface area contributed by atoms with E-state index in [2.05, 4.69) is 5.32 Å². The zero-order valence-corrected chi connectivity index (χ0v) is 7.91. The van der Waals surface area contributed by atoms with Crippen LogP contribution in [0, 0.1) is 0 Å². The molecule has 0 saturated carbocycles. The minimum Gasteiger partial charge on any atom is -0.394 e. The van der Waals surface area contributed by atoms with Gasteiger partial charge in [0.2, 0.25) is 5.91 Å². The molecule has 5 nitrogen and oxygen atoms in total. The minimum atomic E-state index is -0.0312. The van der Waals surface area contributed by atoms with Crippen LogP contribution in [0.2, 0.25) is 0 Å². The Morgan fingerprint density at radius 1 is 1.23 bits per heavy atom. The molecular weight excluding hydrogens is 174 g/mol. The summed E-state index contributed by atoms with van der Waals surface area (Å²) in [5.74, 6) is -0.0312. The maximum atomic E-state index is 10.7. The van der Waals surface area contributed by atoms with Crippen molar-refractivity contribution in [3.63, 3.8) is 0 Å². The molecule has 0 saturated heterocycles. The summed E-state index contributed by atoms with van der Waals surface area (Å²) < 4.78 is 10.0. The van der Waals surface area contributed by atoms with E-state index in [0.29, 0.717) is 32.8 Å². The van der Waals surface area contributed by atoms with Gasteiger partial charge in [0.15, 0.2) is 0 Å². The first kappa shape index (κ1) is 12.3. The lowest BCUT2D eigenvalue weighted by Gasteiger charge is -2.03. The lowest BCUT2D eigenvalue weighted by molar-refractivity contribution is -0.121. The van der Waals surface area contributed by atoms with Crippen LogP contribution in [0.5, 0.6) is 0 Å². The number of nitrogens with one attached hydrogen (secondary N) is 1. The van der Waals surface area contributed by atoms with Gasteiger partial charge in [0.05, 0.1) is 33.0 Å². The van der Waals surface area contributed by atoms with Gasteiger partial charge >= 0.3 is 0 Å². The first-order valence-corrected chi connectivity index (χ1v) is 4.28. The number of aliphatic hydroxyl groups excluding tert-OH is 1. The van der Waals surface area contributed by atoms with Crippen molar-refractivity contribution in [3.05, 3.63) is 0 Å². The Bertz CT molecular complexity index is 129. The van der Waals surface area contributed by atoms with Crippen LogP contribution in [0.25, 0.3) is 0 Å². The van der Waals surface area contributed by atoms with Gasteiger partial charge < -0.3 is 19.9 Å². The summed E-state index contributed by atoms with van der Waals surface area (Å²) in [7, 11) is 1.59. The fraction of sp³-hybridized carbons (Fsp3) is 0.875. The Hall–Kier alpha value is -0.650. The maximum Gasteiger partial charge on any atom is 0.222 e. The molecular formula is C8H17NO4. The summed E-state index contributed by atoms with van der Waals surface area (Å²) in [6.07, 6.45) is 0.372. The van der Waals surface area contributed by atoms with Gasteiger partial charge in [0.25, 0.3) is 0 Å². The topological polar surface area (TPSA) is 67.8 Å². The van der Waals surface area contributed by atoms with E-state index in [1.165, 1.54) is 0 Å². The number of hydrogen-bond acceptors (Lipinski definition) is 4. The highest BCUT2D eigenvalue weighted by Gasteiger charge is 1.96. The monoisotopic (exact) mass is 191 g/mol. The number of amides is 1. The Balaban J connectivity index is 2.95. The predicted octanol–water partition coefficient (Wildman–Crippen LogP) is -0.852. The summed E-state index contributed by atoms with van der Waals surface area (Å²) >= 11 is 0. The predicted molar refractivity (Wildman–Crippen MR) is 47.4 cm³/mol. The van der Waals surface area contributed by atoms with E-state index in [1.807, 2.05) is 0 Å². The average Bonchev–Trinajstić information content (AvgIpc) is 2.16. The highest BCUT2D eigenvalue weighted by Crippen LogP contribution is 1.83. The Morgan fingerprint density at radius 3 is 2.38 bits per heavy atom. The number of carbonyl (C=O) groups is 1. The molecule has 2 N–H and O–H groups in total. The van der Waals surface area contributed by atoms with E-state index < -0.39 is 0 Å². The molecule has 0 unspecified atom stereocenters. The molecule has 0 aromatic carbocycles. The fourth-order valence-corrected chi connectivity index (χ4v) is 0.676. The van der Waals surface area contributed by atoms with Crippen LogP contribution in [-0.2, 0) is 14.3 Å². The molecule has 0 aromatic rings. The van der Waals surface area contributed by atoms with Gasteiger partial charge in [-0.3, -0.25) is 4.79 Å². The van der Waals surface area contributed by atoms with E-state index in [4.69, 9.17) is 14.6 Å². The summed E-state index contributed by atoms with van der Waals surface area (Å²) in [4.78, 5) is 10.7. The summed E-state index contributed by atoms with van der Waals surface area (Å²) in [5.41, 5.74) is 0. The average molecular weight is 191 g/mol. The van der Waals surface area contributed by atoms with Crippen molar-refractivity contribution in [2.45, 2.75) is 6.42 Å². The third-order valence-corrected chi connectivity index (χ3v) is 1.36. The fourth-order valence-electron chi connectivity index (χ4n) is 0.676. The highest BCUT2D eigenvalue weighted by molar-refractivity contribution is 5.75. The summed E-state index contributed by atoms with van der Waals surface area (Å²) in [6, 6.07) is 0. The third-order valence-electron chi connectivity index (χ3n) is 1.36. The number of aliphatic hydroxyl groups is 1. The third kappa shape index (κ3) is 9.26. The molecule has 0 radical (unpaired) electrons. The van der Waals surface area contributed by atoms with Crippen LogP contribution in [0.15, 0.2) is 0 Å². The van der Waals surface area contributed by atoms with Crippen molar-refractivity contribution in [1.82, 2.24) is 5.32 Å². The lowest BCUT2D eigenvalue weighted by atomic mass is 10.4. The first-order valence-electron chi connectivity index (χ1n) is 4.28. The van der Waals surface area contributed by atoms with Gasteiger partial charge in [-0.15, -0.1) is 0 Å². The maximum absolute atomic E-state index is 10.7. The van der Waals surface area contributed by atoms with Gasteiger partial charge in [-0.25, -0.2) is 0 Å². The molecule has 0 rings (SSSR count). The van der Waals surface area contributed by atoms with Crippen LogP contribution in [0.1, 0.15) is 6.42 Å². The SMILES string of the molecule is CNC(=O)CCOCCOCCO. The largest absolute Gasteiger partial charge is 0.394 e. The molecule has 0 bridgehead atoms. The number of carbonyl (C=O) groups excluding carboxylic acids is 1. The minimum absolute atomic E-state index is 0.0260. The molecule has 0 aliphatic rings. The van der Waals surface area contributed by atoms with Gasteiger partial charge in [0, 0.05) is 13.5 Å². The Morgan fingerprint density at radius 2 is 1.85 bits per heavy atom. The summed E-state index contributed by atoms with van der Waals surface area (Å²) in [5, 5.41) is 10.8. The molecule has 78 valence electrons. The van der Waals surface area contributed by atoms with Gasteiger partial charge in [0.1, 0.15) is 0 Å². The van der Waals surface area contributed by atoms with Crippen molar-refractivity contribution in [1.29, 1.82) is 0 Å². The molecule has 0 aliphatic carbocycles. The molecule has 1 amide bonds. The molecule has 0 fully saturated rings. The van der Waals surface area contributed by atoms with Crippen LogP contribution < -0.4 is 5.32 Å². The van der Waals surface area contributed by atoms with Crippen LogP contribution in [0.4, 0.5) is 0 Å². The molecule has 5 heteroatoms. The standard InChI is InChI=1S/C8H17NO4/c1-9-8(11)2-4-12-6-7-13-5-3-10/h10H,2-7H2,1H3,(H,9,11). The second-order valence-electron chi connectivity index (χ2n) is 2.37. The molecule has 0 atom stereocenters. The van der Waals surface area contributed by atoms with E-state index in [9.17, 15) is 4.79 Å². The van der Waals surface area contributed by atoms with Crippen LogP contribution in [-0.4, -0.2) is 51.1 Å². The zero-order valence-electron chi connectivity index (χ0n) is 7.91. The van der Waals surface area contributed by atoms with Crippen LogP contribution in [0.3, 0.4) is 0 Å². The van der Waals surface area contributed by atoms with Gasteiger partial charge in [-0.2, -0.15) is 0 Å². The number of rotatable bonds is 8. The smallest absolute Gasteiger partial charge is 0.222 e. The Labute approximate surface area is 78.0 Å². The zero-order chi connectivity index (χ0) is 9.94. The first-order chi connectivity index (χ1) is 6.31.